The van der Waals surface area contributed by atoms with E-state index in [-0.39, 0.29) is 0 Å². The molecule has 96 valence electrons. The number of hydrogen-bond acceptors (Lipinski definition) is 3. The van der Waals surface area contributed by atoms with E-state index in [0.29, 0.717) is 0 Å². The molecule has 16 heavy (non-hydrogen) atoms. The Kier molecular flexibility index (Phi) is 11.3. The van der Waals surface area contributed by atoms with Crippen molar-refractivity contribution in [3.05, 3.63) is 0 Å². The molecule has 0 aromatic carbocycles. The summed E-state index contributed by atoms with van der Waals surface area (Å²) in [6, 6.07) is 0. The van der Waals surface area contributed by atoms with Crippen molar-refractivity contribution in [2.45, 2.75) is 34.1 Å². The summed E-state index contributed by atoms with van der Waals surface area (Å²) in [7, 11) is 0. The highest BCUT2D eigenvalue weighted by molar-refractivity contribution is 5.88. The number of carboxylic acids is 2. The molecular weight excluding hydrogens is 210 g/mol. The van der Waals surface area contributed by atoms with E-state index in [1.807, 2.05) is 0 Å². The van der Waals surface area contributed by atoms with Gasteiger partial charge in [0.05, 0.1) is 0 Å². The molecular formula is C11H23NO4. The maximum absolute atomic E-state index is 9.43. The van der Waals surface area contributed by atoms with Crippen LogP contribution in [0.25, 0.3) is 0 Å². The lowest BCUT2D eigenvalue weighted by molar-refractivity contribution is -0.147. The predicted molar refractivity (Wildman–Crippen MR) is 62.4 cm³/mol. The van der Waals surface area contributed by atoms with Crippen LogP contribution in [-0.2, 0) is 9.59 Å². The van der Waals surface area contributed by atoms with Gasteiger partial charge >= 0.3 is 11.9 Å². The standard InChI is InChI=1S/C8H19N.C3H4O4/c1-7(2)5-9-6-8(3)4;4-2(5)1-3(6)7/h7-9H,5-6H2,1-4H3;1H2,(H,4,5)(H,6,7). The molecule has 0 fully saturated rings. The average molecular weight is 233 g/mol. The summed E-state index contributed by atoms with van der Waals surface area (Å²) in [5.74, 6) is -1.06. The minimum absolute atomic E-state index is 0.781. The summed E-state index contributed by atoms with van der Waals surface area (Å²) in [5.41, 5.74) is 0. The van der Waals surface area contributed by atoms with Crippen LogP contribution in [0.2, 0.25) is 0 Å². The van der Waals surface area contributed by atoms with Crippen molar-refractivity contribution in [1.29, 1.82) is 0 Å². The third-order valence-electron chi connectivity index (χ3n) is 1.41. The molecule has 0 radical (unpaired) electrons. The second kappa shape index (κ2) is 10.4. The highest BCUT2D eigenvalue weighted by atomic mass is 16.4. The van der Waals surface area contributed by atoms with Gasteiger partial charge in [0, 0.05) is 0 Å². The first-order chi connectivity index (χ1) is 7.25. The second-order valence-corrected chi connectivity index (χ2v) is 4.41. The molecule has 0 aliphatic carbocycles. The van der Waals surface area contributed by atoms with Crippen molar-refractivity contribution in [3.8, 4) is 0 Å². The van der Waals surface area contributed by atoms with Crippen LogP contribution in [0.4, 0.5) is 0 Å². The lowest BCUT2D eigenvalue weighted by Crippen LogP contribution is -2.23. The molecule has 0 saturated carbocycles. The van der Waals surface area contributed by atoms with Crippen LogP contribution in [0.5, 0.6) is 0 Å². The summed E-state index contributed by atoms with van der Waals surface area (Å²) in [6.45, 7) is 11.2. The maximum atomic E-state index is 9.43. The number of carbonyl (C=O) groups is 2. The van der Waals surface area contributed by atoms with Gasteiger partial charge in [-0.15, -0.1) is 0 Å². The molecule has 0 heterocycles. The summed E-state index contributed by atoms with van der Waals surface area (Å²) in [4.78, 5) is 18.9. The van der Waals surface area contributed by atoms with E-state index in [0.717, 1.165) is 24.9 Å². The number of aliphatic carboxylic acids is 2. The summed E-state index contributed by atoms with van der Waals surface area (Å²) >= 11 is 0. The van der Waals surface area contributed by atoms with Crippen LogP contribution in [0.3, 0.4) is 0 Å². The number of carboxylic acid groups (broad SMARTS) is 2. The minimum atomic E-state index is -1.31. The fourth-order valence-electron chi connectivity index (χ4n) is 0.790. The highest BCUT2D eigenvalue weighted by Gasteiger charge is 2.01. The van der Waals surface area contributed by atoms with E-state index in [4.69, 9.17) is 10.2 Å². The van der Waals surface area contributed by atoms with Crippen molar-refractivity contribution in [1.82, 2.24) is 5.32 Å². The Labute approximate surface area is 96.9 Å². The molecule has 0 aromatic heterocycles. The molecule has 5 nitrogen and oxygen atoms in total. The van der Waals surface area contributed by atoms with E-state index in [9.17, 15) is 9.59 Å². The predicted octanol–water partition coefficient (Wildman–Crippen LogP) is 1.43. The largest absolute Gasteiger partial charge is 0.481 e. The van der Waals surface area contributed by atoms with Crippen LogP contribution in [0.1, 0.15) is 34.1 Å². The third kappa shape index (κ3) is 23.1. The van der Waals surface area contributed by atoms with Crippen LogP contribution in [-0.4, -0.2) is 35.2 Å². The summed E-state index contributed by atoms with van der Waals surface area (Å²) in [6.07, 6.45) is -0.806. The van der Waals surface area contributed by atoms with Gasteiger partial charge < -0.3 is 15.5 Å². The summed E-state index contributed by atoms with van der Waals surface area (Å²) in [5, 5.41) is 18.8. The van der Waals surface area contributed by atoms with Crippen molar-refractivity contribution < 1.29 is 19.8 Å². The normalized spacial score (nSPS) is 9.88. The molecule has 0 bridgehead atoms. The fraction of sp³-hybridized carbons (Fsp3) is 0.818. The van der Waals surface area contributed by atoms with Gasteiger partial charge in [-0.2, -0.15) is 0 Å². The van der Waals surface area contributed by atoms with E-state index >= 15 is 0 Å². The first kappa shape index (κ1) is 17.3. The zero-order chi connectivity index (χ0) is 13.1. The van der Waals surface area contributed by atoms with E-state index < -0.39 is 18.4 Å². The molecule has 0 saturated heterocycles. The van der Waals surface area contributed by atoms with E-state index in [2.05, 4.69) is 33.0 Å². The van der Waals surface area contributed by atoms with Crippen molar-refractivity contribution >= 4 is 11.9 Å². The molecule has 0 spiro atoms. The Balaban J connectivity index is 0. The van der Waals surface area contributed by atoms with Gasteiger partial charge in [0.2, 0.25) is 0 Å². The number of rotatable bonds is 6. The quantitative estimate of drug-likeness (QED) is 0.604. The third-order valence-corrected chi connectivity index (χ3v) is 1.41. The smallest absolute Gasteiger partial charge is 0.314 e. The lowest BCUT2D eigenvalue weighted by Gasteiger charge is -2.08. The Hall–Kier alpha value is -1.10. The van der Waals surface area contributed by atoms with Crippen LogP contribution >= 0.6 is 0 Å². The Bertz CT molecular complexity index is 182. The van der Waals surface area contributed by atoms with Gasteiger partial charge in [-0.25, -0.2) is 0 Å². The molecule has 0 aliphatic rings. The van der Waals surface area contributed by atoms with Gasteiger partial charge in [0.25, 0.3) is 0 Å². The van der Waals surface area contributed by atoms with Gasteiger partial charge in [-0.05, 0) is 24.9 Å². The molecule has 0 rings (SSSR count). The zero-order valence-electron chi connectivity index (χ0n) is 10.5. The molecule has 0 aromatic rings. The second-order valence-electron chi connectivity index (χ2n) is 4.41. The van der Waals surface area contributed by atoms with Crippen LogP contribution < -0.4 is 5.32 Å². The number of nitrogens with one attached hydrogen (secondary N) is 1. The molecule has 5 heteroatoms. The summed E-state index contributed by atoms with van der Waals surface area (Å²) < 4.78 is 0. The Morgan fingerprint density at radius 1 is 0.938 bits per heavy atom. The SMILES string of the molecule is CC(C)CNCC(C)C.O=C(O)CC(=O)O. The molecule has 0 amide bonds. The topological polar surface area (TPSA) is 86.6 Å². The average Bonchev–Trinajstić information content (AvgIpc) is 2.00. The molecule has 0 atom stereocenters. The fourth-order valence-corrected chi connectivity index (χ4v) is 0.790. The molecule has 0 aliphatic heterocycles. The van der Waals surface area contributed by atoms with Gasteiger partial charge in [-0.1, -0.05) is 27.7 Å². The first-order valence-electron chi connectivity index (χ1n) is 5.40. The van der Waals surface area contributed by atoms with Crippen molar-refractivity contribution in [3.63, 3.8) is 0 Å². The maximum Gasteiger partial charge on any atom is 0.314 e. The van der Waals surface area contributed by atoms with Crippen LogP contribution in [0.15, 0.2) is 0 Å². The Morgan fingerprint density at radius 2 is 1.25 bits per heavy atom. The van der Waals surface area contributed by atoms with E-state index in [1.54, 1.807) is 0 Å². The zero-order valence-corrected chi connectivity index (χ0v) is 10.5. The molecule has 3 N–H and O–H groups in total. The monoisotopic (exact) mass is 233 g/mol. The van der Waals surface area contributed by atoms with E-state index in [1.165, 1.54) is 0 Å². The van der Waals surface area contributed by atoms with Crippen molar-refractivity contribution in [2.75, 3.05) is 13.1 Å². The lowest BCUT2D eigenvalue weighted by atomic mass is 10.2. The number of hydrogen-bond donors (Lipinski definition) is 3. The molecule has 0 unspecified atom stereocenters. The van der Waals surface area contributed by atoms with Crippen molar-refractivity contribution in [2.24, 2.45) is 11.8 Å². The highest BCUT2D eigenvalue weighted by Crippen LogP contribution is 1.90. The minimum Gasteiger partial charge on any atom is -0.481 e. The first-order valence-corrected chi connectivity index (χ1v) is 5.40. The van der Waals surface area contributed by atoms with Crippen LogP contribution in [0, 0.1) is 11.8 Å². The van der Waals surface area contributed by atoms with Gasteiger partial charge in [0.1, 0.15) is 6.42 Å². The Morgan fingerprint density at radius 3 is 1.38 bits per heavy atom. The van der Waals surface area contributed by atoms with Gasteiger partial charge in [0.15, 0.2) is 0 Å². The van der Waals surface area contributed by atoms with Gasteiger partial charge in [-0.3, -0.25) is 9.59 Å².